The van der Waals surface area contributed by atoms with Gasteiger partial charge < -0.3 is 24.8 Å². The third kappa shape index (κ3) is 2.94. The zero-order valence-electron chi connectivity index (χ0n) is 14.4. The molecule has 0 fully saturated rings. The van der Waals surface area contributed by atoms with E-state index in [0.717, 1.165) is 0 Å². The first-order chi connectivity index (χ1) is 10.0. The van der Waals surface area contributed by atoms with Crippen molar-refractivity contribution in [2.45, 2.75) is 43.7 Å². The van der Waals surface area contributed by atoms with Crippen LogP contribution in [0.1, 0.15) is 51.7 Å². The normalized spacial score (nSPS) is 21.2. The van der Waals surface area contributed by atoms with Crippen LogP contribution in [0.5, 0.6) is 0 Å². The molecule has 1 aromatic rings. The van der Waals surface area contributed by atoms with Gasteiger partial charge in [-0.3, -0.25) is 0 Å². The fourth-order valence-electron chi connectivity index (χ4n) is 4.06. The topological polar surface area (TPSA) is 0 Å². The number of benzene rings is 1. The molecule has 0 N–H and O–H groups in total. The molecule has 0 nitrogen and oxygen atoms in total. The monoisotopic (exact) mass is 513 g/mol. The van der Waals surface area contributed by atoms with Crippen molar-refractivity contribution in [2.24, 2.45) is 0 Å². The first-order valence-electron chi connectivity index (χ1n) is 7.73. The Morgan fingerprint density at radius 2 is 1.52 bits per heavy atom. The van der Waals surface area contributed by atoms with E-state index in [9.17, 15) is 0 Å². The SMILES string of the molecule is C[CH]=[Hf+2][C]1(C2C=Cc3ccccc32)C(C)=C(C)C(C)=C1C.[Cl-].[Cl-]. The first-order valence-corrected chi connectivity index (χ1v) is 11.6. The van der Waals surface area contributed by atoms with Crippen LogP contribution in [0.2, 0.25) is 3.17 Å². The van der Waals surface area contributed by atoms with Crippen molar-refractivity contribution >= 4 is 9.83 Å². The Labute approximate surface area is 163 Å². The first kappa shape index (κ1) is 20.8. The smallest absolute Gasteiger partial charge is 1.00 e. The van der Waals surface area contributed by atoms with E-state index in [1.54, 1.807) is 22.3 Å². The maximum atomic E-state index is 2.54. The van der Waals surface area contributed by atoms with Crippen molar-refractivity contribution in [2.75, 3.05) is 0 Å². The van der Waals surface area contributed by atoms with Gasteiger partial charge in [0.1, 0.15) is 0 Å². The summed E-state index contributed by atoms with van der Waals surface area (Å²) in [5.41, 5.74) is 9.33. The molecule has 2 aliphatic rings. The van der Waals surface area contributed by atoms with Gasteiger partial charge >= 0.3 is 140 Å². The number of hydrogen-bond donors (Lipinski definition) is 0. The van der Waals surface area contributed by atoms with Gasteiger partial charge in [-0.15, -0.1) is 0 Å². The zero-order chi connectivity index (χ0) is 15.2. The van der Waals surface area contributed by atoms with E-state index in [1.807, 2.05) is 0 Å². The van der Waals surface area contributed by atoms with Crippen LogP contribution < -0.4 is 24.8 Å². The van der Waals surface area contributed by atoms with Crippen molar-refractivity contribution in [1.29, 1.82) is 0 Å². The number of rotatable bonds is 2. The van der Waals surface area contributed by atoms with Crippen LogP contribution in [0.15, 0.2) is 52.6 Å². The molecule has 1 aromatic carbocycles. The van der Waals surface area contributed by atoms with E-state index in [1.165, 1.54) is 11.1 Å². The van der Waals surface area contributed by atoms with Gasteiger partial charge in [-0.25, -0.2) is 0 Å². The standard InChI is InChI=1S/C18H19.C2H4.2ClH.Hf/c1-11-12(2)14(4)18(13(11)3)17-10-9-15-7-5-6-8-16(15)17;1-2;;;/h5-10,17H,1-4H3;1H,2H3;2*1H;/q;;;;+2/p-2. The van der Waals surface area contributed by atoms with Crippen LogP contribution in [0.25, 0.3) is 6.08 Å². The predicted octanol–water partition coefficient (Wildman–Crippen LogP) is -0.445. The Morgan fingerprint density at radius 1 is 0.957 bits per heavy atom. The zero-order valence-corrected chi connectivity index (χ0v) is 19.5. The van der Waals surface area contributed by atoms with Crippen LogP contribution in [-0.2, 0) is 22.4 Å². The fourth-order valence-corrected chi connectivity index (χ4v) is 10.2. The van der Waals surface area contributed by atoms with E-state index in [2.05, 4.69) is 74.8 Å². The number of halogens is 2. The van der Waals surface area contributed by atoms with Crippen LogP contribution in [-0.4, -0.2) is 3.76 Å². The summed E-state index contributed by atoms with van der Waals surface area (Å²) in [5.74, 6) is 0.556. The van der Waals surface area contributed by atoms with Gasteiger partial charge in [-0.05, 0) is 0 Å². The second kappa shape index (κ2) is 7.76. The summed E-state index contributed by atoms with van der Waals surface area (Å²) in [6.45, 7) is 11.7. The molecule has 121 valence electrons. The van der Waals surface area contributed by atoms with Crippen LogP contribution in [0.4, 0.5) is 0 Å². The van der Waals surface area contributed by atoms with Gasteiger partial charge in [0.2, 0.25) is 0 Å². The minimum atomic E-state index is -0.905. The molecule has 0 radical (unpaired) electrons. The molecule has 0 saturated heterocycles. The summed E-state index contributed by atoms with van der Waals surface area (Å²) in [4.78, 5) is 0. The third-order valence-corrected chi connectivity index (χ3v) is 12.0. The van der Waals surface area contributed by atoms with Crippen molar-refractivity contribution in [3.63, 3.8) is 0 Å². The second-order valence-electron chi connectivity index (χ2n) is 6.21. The van der Waals surface area contributed by atoms with Crippen molar-refractivity contribution in [3.8, 4) is 0 Å². The minimum absolute atomic E-state index is 0. The molecule has 0 spiro atoms. The Kier molecular flexibility index (Phi) is 7.02. The summed E-state index contributed by atoms with van der Waals surface area (Å²) in [6, 6.07) is 8.95. The molecule has 3 rings (SSSR count). The van der Waals surface area contributed by atoms with Crippen LogP contribution >= 0.6 is 0 Å². The molecule has 1 unspecified atom stereocenters. The largest absolute Gasteiger partial charge is 1.00 e. The maximum absolute atomic E-state index is 2.54. The van der Waals surface area contributed by atoms with Gasteiger partial charge in [0.05, 0.1) is 0 Å². The Bertz CT molecular complexity index is 699. The van der Waals surface area contributed by atoms with Crippen LogP contribution in [0.3, 0.4) is 0 Å². The average Bonchev–Trinajstić information content (AvgIpc) is 2.99. The molecule has 0 saturated carbocycles. The quantitative estimate of drug-likeness (QED) is 0.472. The van der Waals surface area contributed by atoms with E-state index in [0.29, 0.717) is 9.09 Å². The molecule has 0 heterocycles. The van der Waals surface area contributed by atoms with E-state index < -0.39 is 22.4 Å². The number of hydrogen-bond acceptors (Lipinski definition) is 0. The molecule has 1 atom stereocenters. The summed E-state index contributed by atoms with van der Waals surface area (Å²) in [7, 11) is 0. The summed E-state index contributed by atoms with van der Waals surface area (Å²) in [5, 5.41) is 0. The third-order valence-electron chi connectivity index (χ3n) is 5.51. The Hall–Kier alpha value is -0.240. The molecule has 3 heteroatoms. The number of allylic oxidation sites excluding steroid dienone is 5. The van der Waals surface area contributed by atoms with Crippen molar-refractivity contribution < 1.29 is 47.2 Å². The average molecular weight is 513 g/mol. The van der Waals surface area contributed by atoms with Gasteiger partial charge in [0.15, 0.2) is 0 Å². The number of fused-ring (bicyclic) bond motifs is 1. The summed E-state index contributed by atoms with van der Waals surface area (Å²) in [6.07, 6.45) is 4.81. The van der Waals surface area contributed by atoms with Gasteiger partial charge in [-0.1, -0.05) is 0 Å². The van der Waals surface area contributed by atoms with E-state index in [4.69, 9.17) is 0 Å². The van der Waals surface area contributed by atoms with Gasteiger partial charge in [0, 0.05) is 0 Å². The Morgan fingerprint density at radius 3 is 2.09 bits per heavy atom. The van der Waals surface area contributed by atoms with Gasteiger partial charge in [0.25, 0.3) is 0 Å². The summed E-state index contributed by atoms with van der Waals surface area (Å²) < 4.78 is 2.87. The van der Waals surface area contributed by atoms with E-state index >= 15 is 0 Å². The van der Waals surface area contributed by atoms with Crippen LogP contribution in [0, 0.1) is 0 Å². The van der Waals surface area contributed by atoms with Crippen molar-refractivity contribution in [3.05, 3.63) is 63.8 Å². The molecule has 0 bridgehead atoms. The van der Waals surface area contributed by atoms with Gasteiger partial charge in [-0.2, -0.15) is 0 Å². The molecule has 0 aromatic heterocycles. The maximum Gasteiger partial charge on any atom is -1.00 e. The predicted molar refractivity (Wildman–Crippen MR) is 89.4 cm³/mol. The molecular weight excluding hydrogens is 490 g/mol. The second-order valence-corrected chi connectivity index (χ2v) is 12.2. The molecular formula is C20H23Cl2Hf. The van der Waals surface area contributed by atoms with Crippen molar-refractivity contribution in [1.82, 2.24) is 0 Å². The molecule has 23 heavy (non-hydrogen) atoms. The molecule has 0 amide bonds. The van der Waals surface area contributed by atoms with E-state index in [-0.39, 0.29) is 24.8 Å². The minimum Gasteiger partial charge on any atom is -1.00 e. The summed E-state index contributed by atoms with van der Waals surface area (Å²) >= 11 is -0.905. The fraction of sp³-hybridized carbons (Fsp3) is 0.350. The molecule has 2 aliphatic carbocycles. The molecule has 0 aliphatic heterocycles. The Balaban J connectivity index is 0.00000132.